The smallest absolute Gasteiger partial charge is 0.179 e. The minimum absolute atomic E-state index is 0.887. The summed E-state index contributed by atoms with van der Waals surface area (Å²) in [4.78, 5) is 1.88. The summed E-state index contributed by atoms with van der Waals surface area (Å²) in [7, 11) is 0. The molecule has 9 heavy (non-hydrogen) atoms. The fraction of sp³-hybridized carbons (Fsp3) is 0.857. The first kappa shape index (κ1) is 5.10. The zero-order valence-electron chi connectivity index (χ0n) is 5.38. The van der Waals surface area contributed by atoms with Crippen LogP contribution in [0.5, 0.6) is 0 Å². The lowest BCUT2D eigenvalue weighted by Gasteiger charge is -2.19. The van der Waals surface area contributed by atoms with Gasteiger partial charge in [-0.3, -0.25) is 0 Å². The van der Waals surface area contributed by atoms with Gasteiger partial charge in [0.2, 0.25) is 0 Å². The van der Waals surface area contributed by atoms with Crippen molar-refractivity contribution in [3.05, 3.63) is 0 Å². The van der Waals surface area contributed by atoms with Crippen LogP contribution < -0.4 is 0 Å². The molecule has 0 aromatic rings. The first-order chi connectivity index (χ1) is 4.40. The van der Waals surface area contributed by atoms with Gasteiger partial charge in [-0.25, -0.2) is 0 Å². The number of hydrogen-bond acceptors (Lipinski definition) is 2. The number of nitriles is 1. The van der Waals surface area contributed by atoms with E-state index >= 15 is 0 Å². The van der Waals surface area contributed by atoms with Crippen molar-refractivity contribution in [1.82, 2.24) is 4.90 Å². The number of likely N-dealkylation sites (tertiary alicyclic amines) is 1. The highest BCUT2D eigenvalue weighted by atomic mass is 15.1. The van der Waals surface area contributed by atoms with Gasteiger partial charge < -0.3 is 4.90 Å². The minimum Gasteiger partial charge on any atom is -0.310 e. The van der Waals surface area contributed by atoms with Crippen LogP contribution in [0.4, 0.5) is 0 Å². The molecule has 0 N–H and O–H groups in total. The summed E-state index contributed by atoms with van der Waals surface area (Å²) in [6.45, 7) is 2.05. The van der Waals surface area contributed by atoms with E-state index in [1.807, 2.05) is 4.90 Å². The molecule has 48 valence electrons. The number of piperidine rings is 1. The van der Waals surface area contributed by atoms with E-state index in [1.54, 1.807) is 0 Å². The highest BCUT2D eigenvalue weighted by Gasteiger charge is 2.41. The predicted molar refractivity (Wildman–Crippen MR) is 33.4 cm³/mol. The molecule has 1 aliphatic carbocycles. The third kappa shape index (κ3) is 0.769. The van der Waals surface area contributed by atoms with Crippen LogP contribution in [-0.4, -0.2) is 18.0 Å². The molecule has 0 aromatic heterocycles. The zero-order valence-corrected chi connectivity index (χ0v) is 5.38. The van der Waals surface area contributed by atoms with Gasteiger partial charge in [0.1, 0.15) is 0 Å². The van der Waals surface area contributed by atoms with Gasteiger partial charge in [0.05, 0.1) is 0 Å². The van der Waals surface area contributed by atoms with E-state index in [-0.39, 0.29) is 0 Å². The lowest BCUT2D eigenvalue weighted by molar-refractivity contribution is 0.309. The number of fused-ring (bicyclic) bond motifs is 1. The van der Waals surface area contributed by atoms with Crippen LogP contribution in [-0.2, 0) is 0 Å². The standard InChI is InChI=1S/C7H10N2/c8-5-9-2-1-6-3-7(6)4-9/h6-7H,1-4H2. The van der Waals surface area contributed by atoms with Crippen LogP contribution in [0, 0.1) is 23.3 Å². The van der Waals surface area contributed by atoms with Gasteiger partial charge in [0.25, 0.3) is 0 Å². The topological polar surface area (TPSA) is 27.0 Å². The Morgan fingerprint density at radius 3 is 3.00 bits per heavy atom. The Bertz CT molecular complexity index is 159. The molecule has 1 saturated carbocycles. The molecule has 2 nitrogen and oxygen atoms in total. The molecule has 1 aliphatic heterocycles. The van der Waals surface area contributed by atoms with Gasteiger partial charge in [0, 0.05) is 13.1 Å². The normalized spacial score (nSPS) is 39.2. The van der Waals surface area contributed by atoms with Crippen LogP contribution in [0.15, 0.2) is 0 Å². The van der Waals surface area contributed by atoms with Crippen molar-refractivity contribution in [2.75, 3.05) is 13.1 Å². The molecule has 1 saturated heterocycles. The number of rotatable bonds is 0. The monoisotopic (exact) mass is 122 g/mol. The summed E-state index contributed by atoms with van der Waals surface area (Å²) in [6.07, 6.45) is 4.84. The largest absolute Gasteiger partial charge is 0.310 e. The molecular formula is C7H10N2. The van der Waals surface area contributed by atoms with Crippen molar-refractivity contribution < 1.29 is 0 Å². The summed E-state index contributed by atoms with van der Waals surface area (Å²) in [5, 5.41) is 8.50. The zero-order chi connectivity index (χ0) is 6.27. The Morgan fingerprint density at radius 2 is 2.33 bits per heavy atom. The first-order valence-corrected chi connectivity index (χ1v) is 3.55. The van der Waals surface area contributed by atoms with Crippen molar-refractivity contribution in [3.8, 4) is 6.19 Å². The second kappa shape index (κ2) is 1.63. The average molecular weight is 122 g/mol. The predicted octanol–water partition coefficient (Wildman–Crippen LogP) is 0.809. The number of hydrogen-bond donors (Lipinski definition) is 0. The molecule has 0 radical (unpaired) electrons. The summed E-state index contributed by atoms with van der Waals surface area (Å²) in [5.74, 6) is 1.88. The third-order valence-corrected chi connectivity index (χ3v) is 2.44. The van der Waals surface area contributed by atoms with Crippen LogP contribution in [0.1, 0.15) is 12.8 Å². The molecule has 2 unspecified atom stereocenters. The quantitative estimate of drug-likeness (QED) is 0.444. The second-order valence-corrected chi connectivity index (χ2v) is 3.09. The van der Waals surface area contributed by atoms with E-state index in [4.69, 9.17) is 5.26 Å². The first-order valence-electron chi connectivity index (χ1n) is 3.55. The Hall–Kier alpha value is -0.710. The van der Waals surface area contributed by atoms with Crippen LogP contribution in [0.2, 0.25) is 0 Å². The molecular weight excluding hydrogens is 112 g/mol. The molecule has 0 amide bonds. The second-order valence-electron chi connectivity index (χ2n) is 3.09. The van der Waals surface area contributed by atoms with Crippen molar-refractivity contribution in [1.29, 1.82) is 5.26 Å². The Kier molecular flexibility index (Phi) is 0.926. The molecule has 2 aliphatic rings. The molecule has 0 bridgehead atoms. The molecule has 0 spiro atoms. The molecule has 1 heterocycles. The lowest BCUT2D eigenvalue weighted by Crippen LogP contribution is -2.26. The maximum absolute atomic E-state index is 8.50. The van der Waals surface area contributed by atoms with Gasteiger partial charge in [-0.1, -0.05) is 0 Å². The fourth-order valence-electron chi connectivity index (χ4n) is 1.67. The van der Waals surface area contributed by atoms with Crippen molar-refractivity contribution in [2.45, 2.75) is 12.8 Å². The average Bonchev–Trinajstić information content (AvgIpc) is 2.64. The summed E-state index contributed by atoms with van der Waals surface area (Å²) >= 11 is 0. The maximum atomic E-state index is 8.50. The highest BCUT2D eigenvalue weighted by Crippen LogP contribution is 2.44. The van der Waals surface area contributed by atoms with E-state index < -0.39 is 0 Å². The van der Waals surface area contributed by atoms with Gasteiger partial charge in [0.15, 0.2) is 6.19 Å². The van der Waals surface area contributed by atoms with E-state index in [2.05, 4.69) is 6.19 Å². The Morgan fingerprint density at radius 1 is 1.44 bits per heavy atom. The minimum atomic E-state index is 0.887. The maximum Gasteiger partial charge on any atom is 0.179 e. The molecule has 0 aromatic carbocycles. The Labute approximate surface area is 55.1 Å². The summed E-state index contributed by atoms with van der Waals surface area (Å²) in [5.41, 5.74) is 0. The van der Waals surface area contributed by atoms with Crippen molar-refractivity contribution in [3.63, 3.8) is 0 Å². The summed E-state index contributed by atoms with van der Waals surface area (Å²) in [6, 6.07) is 0. The fourth-order valence-corrected chi connectivity index (χ4v) is 1.67. The van der Waals surface area contributed by atoms with Crippen molar-refractivity contribution in [2.24, 2.45) is 11.8 Å². The molecule has 2 heteroatoms. The number of nitrogens with zero attached hydrogens (tertiary/aromatic N) is 2. The van der Waals surface area contributed by atoms with Crippen LogP contribution in [0.3, 0.4) is 0 Å². The highest BCUT2D eigenvalue weighted by molar-refractivity contribution is 4.96. The van der Waals surface area contributed by atoms with E-state index in [0.29, 0.717) is 0 Å². The van der Waals surface area contributed by atoms with E-state index in [0.717, 1.165) is 24.9 Å². The lowest BCUT2D eigenvalue weighted by atomic mass is 10.1. The Balaban J connectivity index is 1.95. The molecule has 2 atom stereocenters. The van der Waals surface area contributed by atoms with Gasteiger partial charge >= 0.3 is 0 Å². The van der Waals surface area contributed by atoms with Crippen LogP contribution in [0.25, 0.3) is 0 Å². The summed E-state index contributed by atoms with van der Waals surface area (Å²) < 4.78 is 0. The molecule has 2 rings (SSSR count). The van der Waals surface area contributed by atoms with E-state index in [1.165, 1.54) is 12.8 Å². The van der Waals surface area contributed by atoms with Crippen LogP contribution >= 0.6 is 0 Å². The molecule has 2 fully saturated rings. The van der Waals surface area contributed by atoms with Crippen molar-refractivity contribution >= 4 is 0 Å². The van der Waals surface area contributed by atoms with Gasteiger partial charge in [-0.05, 0) is 24.7 Å². The van der Waals surface area contributed by atoms with E-state index in [9.17, 15) is 0 Å². The third-order valence-electron chi connectivity index (χ3n) is 2.44. The SMILES string of the molecule is N#CN1CCC2CC2C1. The van der Waals surface area contributed by atoms with Gasteiger partial charge in [-0.2, -0.15) is 5.26 Å². The van der Waals surface area contributed by atoms with Gasteiger partial charge in [-0.15, -0.1) is 0 Å².